The van der Waals surface area contributed by atoms with Crippen LogP contribution in [0.2, 0.25) is 0 Å². The number of imidazole rings is 1. The molecule has 1 aliphatic rings. The second-order valence-electron chi connectivity index (χ2n) is 8.96. The Hall–Kier alpha value is -2.80. The van der Waals surface area contributed by atoms with Crippen LogP contribution in [-0.2, 0) is 10.0 Å². The van der Waals surface area contributed by atoms with Crippen LogP contribution in [0.15, 0.2) is 27.9 Å². The number of aliphatic hydroxyl groups excluding tert-OH is 2. The van der Waals surface area contributed by atoms with Gasteiger partial charge in [0.25, 0.3) is 5.56 Å². The Morgan fingerprint density at radius 3 is 2.53 bits per heavy atom. The highest BCUT2D eigenvalue weighted by Crippen LogP contribution is 2.35. The van der Waals surface area contributed by atoms with Crippen LogP contribution in [0.1, 0.15) is 56.5 Å². The van der Waals surface area contributed by atoms with Crippen molar-refractivity contribution in [3.05, 3.63) is 40.1 Å². The predicted octanol–water partition coefficient (Wildman–Crippen LogP) is 1.81. The number of aromatic amines is 1. The summed E-state index contributed by atoms with van der Waals surface area (Å²) in [5.74, 6) is 1.50. The third-order valence-corrected chi connectivity index (χ3v) is 8.32. The molecule has 196 valence electrons. The predicted molar refractivity (Wildman–Crippen MR) is 134 cm³/mol. The fraction of sp³-hybridized carbons (Fsp3) is 0.542. The number of fused-ring (bicyclic) bond motifs is 1. The van der Waals surface area contributed by atoms with Crippen molar-refractivity contribution in [2.24, 2.45) is 0 Å². The second kappa shape index (κ2) is 11.1. The molecule has 2 aromatic heterocycles. The van der Waals surface area contributed by atoms with E-state index in [0.717, 1.165) is 42.2 Å². The third-order valence-electron chi connectivity index (χ3n) is 6.43. The van der Waals surface area contributed by atoms with E-state index in [2.05, 4.69) is 9.97 Å². The molecular weight excluding hydrogens is 486 g/mol. The Morgan fingerprint density at radius 1 is 1.19 bits per heavy atom. The zero-order valence-corrected chi connectivity index (χ0v) is 21.4. The van der Waals surface area contributed by atoms with Crippen molar-refractivity contribution in [3.8, 4) is 17.1 Å². The van der Waals surface area contributed by atoms with Crippen LogP contribution in [-0.4, -0.2) is 75.4 Å². The minimum atomic E-state index is -4.04. The lowest BCUT2D eigenvalue weighted by Crippen LogP contribution is -2.35. The van der Waals surface area contributed by atoms with Crippen molar-refractivity contribution >= 4 is 15.5 Å². The van der Waals surface area contributed by atoms with Crippen LogP contribution in [0.25, 0.3) is 16.9 Å². The highest BCUT2D eigenvalue weighted by Gasteiger charge is 2.28. The fourth-order valence-electron chi connectivity index (χ4n) is 4.68. The largest absolute Gasteiger partial charge is 0.493 e. The molecule has 4 rings (SSSR count). The molecular formula is C24H33N5O6S. The summed E-state index contributed by atoms with van der Waals surface area (Å²) >= 11 is 0. The maximum atomic E-state index is 13.3. The molecule has 11 nitrogen and oxygen atoms in total. The van der Waals surface area contributed by atoms with Crippen molar-refractivity contribution in [1.82, 2.24) is 23.9 Å². The van der Waals surface area contributed by atoms with Gasteiger partial charge in [-0.1, -0.05) is 19.8 Å². The van der Waals surface area contributed by atoms with E-state index in [1.807, 2.05) is 6.92 Å². The normalized spacial score (nSPS) is 14.8. The molecule has 0 atom stereocenters. The molecule has 0 spiro atoms. The topological polar surface area (TPSA) is 150 Å². The van der Waals surface area contributed by atoms with Gasteiger partial charge in [0.1, 0.15) is 11.6 Å². The molecule has 1 aromatic carbocycles. The standard InChI is InChI=1S/C24H33N5O6S/c1-3-14-35-20-9-8-18(36(33,34)28(10-12-30)11-13-31)15-19(20)22-26-24(32)21-16(2)25-23(29(21)27-22)17-6-4-5-7-17/h8-9,15,17,30-31H,3-7,10-14H2,1-2H3,(H,26,27,32). The molecule has 3 N–H and O–H groups in total. The molecule has 3 aromatic rings. The van der Waals surface area contributed by atoms with Crippen LogP contribution < -0.4 is 10.3 Å². The van der Waals surface area contributed by atoms with Gasteiger partial charge in [0.15, 0.2) is 11.3 Å². The van der Waals surface area contributed by atoms with E-state index in [9.17, 15) is 23.4 Å². The summed E-state index contributed by atoms with van der Waals surface area (Å²) in [7, 11) is -4.04. The molecule has 0 aliphatic heterocycles. The van der Waals surface area contributed by atoms with Crippen molar-refractivity contribution in [3.63, 3.8) is 0 Å². The first-order valence-corrected chi connectivity index (χ1v) is 13.7. The summed E-state index contributed by atoms with van der Waals surface area (Å²) in [5, 5.41) is 23.4. The van der Waals surface area contributed by atoms with Crippen molar-refractivity contribution in [2.75, 3.05) is 32.9 Å². The van der Waals surface area contributed by atoms with Crippen LogP contribution in [0.3, 0.4) is 0 Å². The smallest absolute Gasteiger partial charge is 0.277 e. The van der Waals surface area contributed by atoms with Crippen LogP contribution >= 0.6 is 0 Å². The maximum absolute atomic E-state index is 13.3. The van der Waals surface area contributed by atoms with E-state index in [-0.39, 0.29) is 48.5 Å². The number of benzene rings is 1. The molecule has 0 saturated heterocycles. The van der Waals surface area contributed by atoms with E-state index in [4.69, 9.17) is 9.84 Å². The Morgan fingerprint density at radius 2 is 1.89 bits per heavy atom. The summed E-state index contributed by atoms with van der Waals surface area (Å²) in [6, 6.07) is 4.36. The Balaban J connectivity index is 1.89. The lowest BCUT2D eigenvalue weighted by Gasteiger charge is -2.21. The minimum Gasteiger partial charge on any atom is -0.493 e. The number of nitrogens with zero attached hydrogens (tertiary/aromatic N) is 4. The van der Waals surface area contributed by atoms with Crippen molar-refractivity contribution in [2.45, 2.75) is 56.8 Å². The number of aromatic nitrogens is 4. The minimum absolute atomic E-state index is 0.0659. The van der Waals surface area contributed by atoms with Crippen LogP contribution in [0.5, 0.6) is 5.75 Å². The van der Waals surface area contributed by atoms with Gasteiger partial charge in [0, 0.05) is 19.0 Å². The quantitative estimate of drug-likeness (QED) is 0.347. The molecule has 1 aliphatic carbocycles. The molecule has 0 unspecified atom stereocenters. The average molecular weight is 520 g/mol. The maximum Gasteiger partial charge on any atom is 0.277 e. The Kier molecular flexibility index (Phi) is 8.08. The van der Waals surface area contributed by atoms with Gasteiger partial charge in [0.05, 0.1) is 36.0 Å². The van der Waals surface area contributed by atoms with Gasteiger partial charge in [-0.25, -0.2) is 17.9 Å². The first-order valence-electron chi connectivity index (χ1n) is 12.3. The zero-order chi connectivity index (χ0) is 25.9. The number of H-pyrrole nitrogens is 1. The first kappa shape index (κ1) is 26.3. The van der Waals surface area contributed by atoms with Crippen LogP contribution in [0.4, 0.5) is 0 Å². The second-order valence-corrected chi connectivity index (χ2v) is 10.9. The molecule has 0 radical (unpaired) electrons. The van der Waals surface area contributed by atoms with Gasteiger partial charge in [-0.2, -0.15) is 4.31 Å². The lowest BCUT2D eigenvalue weighted by molar-refractivity contribution is 0.217. The molecule has 12 heteroatoms. The first-order chi connectivity index (χ1) is 17.3. The van der Waals surface area contributed by atoms with Gasteiger partial charge >= 0.3 is 0 Å². The fourth-order valence-corrected chi connectivity index (χ4v) is 6.13. The van der Waals surface area contributed by atoms with Gasteiger partial charge < -0.3 is 19.9 Å². The highest BCUT2D eigenvalue weighted by molar-refractivity contribution is 7.89. The van der Waals surface area contributed by atoms with E-state index in [1.54, 1.807) is 11.4 Å². The molecule has 1 saturated carbocycles. The number of nitrogens with one attached hydrogen (secondary N) is 1. The number of sulfonamides is 1. The number of aliphatic hydroxyl groups is 2. The van der Waals surface area contributed by atoms with E-state index < -0.39 is 10.0 Å². The number of rotatable bonds is 11. The van der Waals surface area contributed by atoms with E-state index >= 15 is 0 Å². The monoisotopic (exact) mass is 519 g/mol. The van der Waals surface area contributed by atoms with E-state index in [1.165, 1.54) is 18.2 Å². The Labute approximate surface area is 209 Å². The summed E-state index contributed by atoms with van der Waals surface area (Å²) in [4.78, 5) is 20.5. The van der Waals surface area contributed by atoms with E-state index in [0.29, 0.717) is 29.1 Å². The number of hydrogen-bond acceptors (Lipinski definition) is 8. The van der Waals surface area contributed by atoms with Gasteiger partial charge in [-0.3, -0.25) is 4.79 Å². The van der Waals surface area contributed by atoms with Crippen LogP contribution in [0, 0.1) is 6.92 Å². The third kappa shape index (κ3) is 5.03. The Bertz CT molecular complexity index is 1370. The molecule has 36 heavy (non-hydrogen) atoms. The summed E-state index contributed by atoms with van der Waals surface area (Å²) < 4.78 is 35.1. The number of aryl methyl sites for hydroxylation is 1. The van der Waals surface area contributed by atoms with Gasteiger partial charge in [-0.15, -0.1) is 5.10 Å². The van der Waals surface area contributed by atoms with Crippen molar-refractivity contribution in [1.29, 1.82) is 0 Å². The summed E-state index contributed by atoms with van der Waals surface area (Å²) in [5.41, 5.74) is 0.920. The summed E-state index contributed by atoms with van der Waals surface area (Å²) in [6.07, 6.45) is 4.89. The zero-order valence-electron chi connectivity index (χ0n) is 20.6. The van der Waals surface area contributed by atoms with Gasteiger partial charge in [-0.05, 0) is 44.4 Å². The molecule has 0 amide bonds. The van der Waals surface area contributed by atoms with Gasteiger partial charge in [0.2, 0.25) is 10.0 Å². The average Bonchev–Trinajstić information content (AvgIpc) is 3.50. The number of ether oxygens (including phenoxy) is 1. The van der Waals surface area contributed by atoms with Crippen molar-refractivity contribution < 1.29 is 23.4 Å². The summed E-state index contributed by atoms with van der Waals surface area (Å²) in [6.45, 7) is 3.03. The highest BCUT2D eigenvalue weighted by atomic mass is 32.2. The molecule has 2 heterocycles. The molecule has 1 fully saturated rings. The molecule has 0 bridgehead atoms. The SMILES string of the molecule is CCCOc1ccc(S(=O)(=O)N(CCO)CCO)cc1-c1nn2c(C3CCCC3)nc(C)c2c(=O)[nH]1. The number of hydrogen-bond donors (Lipinski definition) is 3. The lowest BCUT2D eigenvalue weighted by atomic mass is 10.1.